The molecule has 19 heavy (non-hydrogen) atoms. The summed E-state index contributed by atoms with van der Waals surface area (Å²) in [5.41, 5.74) is 2.57. The summed E-state index contributed by atoms with van der Waals surface area (Å²) in [5.74, 6) is -0.490. The first-order valence-electron chi connectivity index (χ1n) is 5.98. The third-order valence-corrected chi connectivity index (χ3v) is 4.83. The number of hydrogen-bond donors (Lipinski definition) is 1. The molecule has 1 aliphatic rings. The molecule has 0 saturated heterocycles. The molecule has 1 N–H and O–H groups in total. The summed E-state index contributed by atoms with van der Waals surface area (Å²) < 4.78 is 14.4. The standard InChI is InChI=1S/C15H11BrClFO/c16-12-7-14(18)11(6-13(12)17)15(19)10-5-8-3-1-2-4-9(8)10/h1-4,6-7,10,15,19H,5H2. The largest absolute Gasteiger partial charge is 0.388 e. The first-order valence-corrected chi connectivity index (χ1v) is 7.15. The molecule has 0 heterocycles. The molecule has 1 nitrogen and oxygen atoms in total. The molecule has 2 aromatic rings. The van der Waals surface area contributed by atoms with E-state index >= 15 is 0 Å². The average molecular weight is 342 g/mol. The summed E-state index contributed by atoms with van der Waals surface area (Å²) >= 11 is 9.14. The zero-order valence-electron chi connectivity index (χ0n) is 9.91. The Morgan fingerprint density at radius 2 is 2.05 bits per heavy atom. The normalized spacial score (nSPS) is 18.6. The minimum absolute atomic E-state index is 0.0528. The Kier molecular flexibility index (Phi) is 3.37. The number of halogens is 3. The number of fused-ring (bicyclic) bond motifs is 1. The van der Waals surface area contributed by atoms with Gasteiger partial charge in [0.2, 0.25) is 0 Å². The lowest BCUT2D eigenvalue weighted by Crippen LogP contribution is -2.24. The van der Waals surface area contributed by atoms with Crippen molar-refractivity contribution in [1.82, 2.24) is 0 Å². The van der Waals surface area contributed by atoms with Crippen molar-refractivity contribution in [3.63, 3.8) is 0 Å². The maximum atomic E-state index is 13.9. The van der Waals surface area contributed by atoms with Crippen molar-refractivity contribution in [3.05, 3.63) is 68.4 Å². The predicted molar refractivity (Wildman–Crippen MR) is 77.0 cm³/mol. The van der Waals surface area contributed by atoms with Crippen molar-refractivity contribution in [2.75, 3.05) is 0 Å². The summed E-state index contributed by atoms with van der Waals surface area (Å²) in [4.78, 5) is 0. The van der Waals surface area contributed by atoms with Crippen molar-refractivity contribution in [1.29, 1.82) is 0 Å². The molecule has 0 saturated carbocycles. The summed E-state index contributed by atoms with van der Waals surface area (Å²) in [6.07, 6.45) is -0.0923. The number of benzene rings is 2. The van der Waals surface area contributed by atoms with Crippen molar-refractivity contribution in [2.24, 2.45) is 0 Å². The van der Waals surface area contributed by atoms with Gasteiger partial charge in [0, 0.05) is 16.0 Å². The minimum atomic E-state index is -0.861. The summed E-state index contributed by atoms with van der Waals surface area (Å²) in [7, 11) is 0. The third-order valence-electron chi connectivity index (χ3n) is 3.63. The molecule has 1 aliphatic carbocycles. The van der Waals surface area contributed by atoms with E-state index < -0.39 is 11.9 Å². The van der Waals surface area contributed by atoms with Crippen LogP contribution < -0.4 is 0 Å². The highest BCUT2D eigenvalue weighted by molar-refractivity contribution is 9.10. The molecular weight excluding hydrogens is 331 g/mol. The van der Waals surface area contributed by atoms with E-state index in [0.29, 0.717) is 9.50 Å². The molecule has 0 fully saturated rings. The highest BCUT2D eigenvalue weighted by atomic mass is 79.9. The molecule has 3 rings (SSSR count). The van der Waals surface area contributed by atoms with Crippen LogP contribution in [0.2, 0.25) is 5.02 Å². The maximum absolute atomic E-state index is 13.9. The van der Waals surface area contributed by atoms with Crippen LogP contribution in [0.15, 0.2) is 40.9 Å². The molecule has 2 unspecified atom stereocenters. The molecule has 2 atom stereocenters. The first kappa shape index (κ1) is 13.1. The second-order valence-corrected chi connectivity index (χ2v) is 6.00. The monoisotopic (exact) mass is 340 g/mol. The van der Waals surface area contributed by atoms with Gasteiger partial charge in [0.05, 0.1) is 11.1 Å². The Bertz CT molecular complexity index is 644. The Hall–Kier alpha value is -0.900. The molecule has 4 heteroatoms. The lowest BCUT2D eigenvalue weighted by Gasteiger charge is -2.34. The van der Waals surface area contributed by atoms with E-state index in [-0.39, 0.29) is 11.5 Å². The fraction of sp³-hybridized carbons (Fsp3) is 0.200. The van der Waals surface area contributed by atoms with Crippen molar-refractivity contribution in [2.45, 2.75) is 18.4 Å². The van der Waals surface area contributed by atoms with Crippen LogP contribution in [0.5, 0.6) is 0 Å². The minimum Gasteiger partial charge on any atom is -0.388 e. The quantitative estimate of drug-likeness (QED) is 0.791. The zero-order chi connectivity index (χ0) is 13.6. The number of rotatable bonds is 2. The molecule has 0 aliphatic heterocycles. The van der Waals surface area contributed by atoms with Crippen LogP contribution in [0.1, 0.15) is 28.7 Å². The molecule has 0 aromatic heterocycles. The average Bonchev–Trinajstić information content (AvgIpc) is 2.35. The highest BCUT2D eigenvalue weighted by Gasteiger charge is 2.34. The van der Waals surface area contributed by atoms with E-state index in [1.54, 1.807) is 0 Å². The Balaban J connectivity index is 1.94. The lowest BCUT2D eigenvalue weighted by atomic mass is 9.73. The zero-order valence-corrected chi connectivity index (χ0v) is 12.2. The third kappa shape index (κ3) is 2.20. The Morgan fingerprint density at radius 3 is 2.79 bits per heavy atom. The molecule has 0 radical (unpaired) electrons. The summed E-state index contributed by atoms with van der Waals surface area (Å²) in [5, 5.41) is 10.8. The number of aliphatic hydroxyl groups excluding tert-OH is 1. The van der Waals surface area contributed by atoms with Crippen LogP contribution in [-0.4, -0.2) is 5.11 Å². The van der Waals surface area contributed by atoms with Gasteiger partial charge in [-0.2, -0.15) is 0 Å². The highest BCUT2D eigenvalue weighted by Crippen LogP contribution is 2.44. The Morgan fingerprint density at radius 1 is 1.32 bits per heavy atom. The molecule has 0 bridgehead atoms. The molecule has 0 spiro atoms. The second kappa shape index (κ2) is 4.89. The Labute approximate surface area is 124 Å². The SMILES string of the molecule is OC(c1cc(Cl)c(Br)cc1F)C1Cc2ccccc21. The summed E-state index contributed by atoms with van der Waals surface area (Å²) in [6, 6.07) is 10.7. The lowest BCUT2D eigenvalue weighted by molar-refractivity contribution is 0.130. The smallest absolute Gasteiger partial charge is 0.130 e. The van der Waals surface area contributed by atoms with E-state index in [2.05, 4.69) is 15.9 Å². The van der Waals surface area contributed by atoms with Crippen molar-refractivity contribution >= 4 is 27.5 Å². The van der Waals surface area contributed by atoms with Gasteiger partial charge in [0.1, 0.15) is 5.82 Å². The summed E-state index contributed by atoms with van der Waals surface area (Å²) in [6.45, 7) is 0. The fourth-order valence-electron chi connectivity index (χ4n) is 2.56. The van der Waals surface area contributed by atoms with Crippen LogP contribution in [0, 0.1) is 5.82 Å². The van der Waals surface area contributed by atoms with E-state index in [0.717, 1.165) is 12.0 Å². The molecule has 98 valence electrons. The molecular formula is C15H11BrClFO. The van der Waals surface area contributed by atoms with E-state index in [4.69, 9.17) is 11.6 Å². The number of aliphatic hydroxyl groups is 1. The first-order chi connectivity index (χ1) is 9.08. The predicted octanol–water partition coefficient (Wildman–Crippen LogP) is 4.61. The molecule has 2 aromatic carbocycles. The van der Waals surface area contributed by atoms with Crippen LogP contribution in [0.25, 0.3) is 0 Å². The van der Waals surface area contributed by atoms with E-state index in [1.807, 2.05) is 24.3 Å². The van der Waals surface area contributed by atoms with Crippen LogP contribution in [0.4, 0.5) is 4.39 Å². The van der Waals surface area contributed by atoms with Gasteiger partial charge >= 0.3 is 0 Å². The van der Waals surface area contributed by atoms with Gasteiger partial charge in [-0.05, 0) is 45.6 Å². The van der Waals surface area contributed by atoms with Crippen LogP contribution in [0.3, 0.4) is 0 Å². The van der Waals surface area contributed by atoms with Gasteiger partial charge in [-0.25, -0.2) is 4.39 Å². The van der Waals surface area contributed by atoms with Crippen molar-refractivity contribution < 1.29 is 9.50 Å². The van der Waals surface area contributed by atoms with E-state index in [1.165, 1.54) is 17.7 Å². The fourth-order valence-corrected chi connectivity index (χ4v) is 3.05. The topological polar surface area (TPSA) is 20.2 Å². The van der Waals surface area contributed by atoms with Crippen LogP contribution >= 0.6 is 27.5 Å². The van der Waals surface area contributed by atoms with Gasteiger partial charge in [0.25, 0.3) is 0 Å². The van der Waals surface area contributed by atoms with Gasteiger partial charge in [-0.15, -0.1) is 0 Å². The van der Waals surface area contributed by atoms with Crippen molar-refractivity contribution in [3.8, 4) is 0 Å². The van der Waals surface area contributed by atoms with Gasteiger partial charge in [-0.1, -0.05) is 35.9 Å². The molecule has 0 amide bonds. The maximum Gasteiger partial charge on any atom is 0.130 e. The number of hydrogen-bond acceptors (Lipinski definition) is 1. The van der Waals surface area contributed by atoms with E-state index in [9.17, 15) is 9.50 Å². The second-order valence-electron chi connectivity index (χ2n) is 4.74. The van der Waals surface area contributed by atoms with Crippen LogP contribution in [-0.2, 0) is 6.42 Å². The van der Waals surface area contributed by atoms with Gasteiger partial charge in [-0.3, -0.25) is 0 Å². The van der Waals surface area contributed by atoms with Gasteiger partial charge < -0.3 is 5.11 Å². The van der Waals surface area contributed by atoms with Gasteiger partial charge in [0.15, 0.2) is 0 Å².